The summed E-state index contributed by atoms with van der Waals surface area (Å²) in [6, 6.07) is 17.5. The van der Waals surface area contributed by atoms with Gasteiger partial charge in [-0.3, -0.25) is 4.79 Å². The third-order valence-electron chi connectivity index (χ3n) is 4.60. The Balaban J connectivity index is 1.94. The van der Waals surface area contributed by atoms with Crippen LogP contribution in [0.4, 0.5) is 4.79 Å². The lowest BCUT2D eigenvalue weighted by molar-refractivity contribution is -0.121. The van der Waals surface area contributed by atoms with Gasteiger partial charge in [0.05, 0.1) is 4.90 Å². The molecule has 8 heteroatoms. The van der Waals surface area contributed by atoms with Gasteiger partial charge in [0.2, 0.25) is 0 Å². The van der Waals surface area contributed by atoms with E-state index >= 15 is 0 Å². The van der Waals surface area contributed by atoms with Crippen molar-refractivity contribution in [1.82, 2.24) is 10.0 Å². The highest BCUT2D eigenvalue weighted by molar-refractivity contribution is 7.90. The summed E-state index contributed by atoms with van der Waals surface area (Å²) < 4.78 is 32.8. The Morgan fingerprint density at radius 3 is 2.16 bits per heavy atom. The minimum Gasteiger partial charge on any atom is -0.444 e. The molecule has 32 heavy (non-hydrogen) atoms. The number of alkyl carbamates (subject to hydrolysis) is 1. The van der Waals surface area contributed by atoms with Crippen molar-refractivity contribution >= 4 is 32.8 Å². The van der Waals surface area contributed by atoms with Crippen LogP contribution >= 0.6 is 0 Å². The molecular formula is C24H26N2O5S. The number of benzene rings is 3. The van der Waals surface area contributed by atoms with E-state index in [1.54, 1.807) is 51.1 Å². The summed E-state index contributed by atoms with van der Waals surface area (Å²) in [6.07, 6.45) is -0.835. The SMILES string of the molecule is Cc1ccc(S(=O)(=O)NC(=O)C(NC(=O)OC(C)(C)C)c2ccc3ccccc3c2)cc1. The Labute approximate surface area is 187 Å². The van der Waals surface area contributed by atoms with Crippen LogP contribution in [0.25, 0.3) is 10.8 Å². The van der Waals surface area contributed by atoms with Gasteiger partial charge in [0.1, 0.15) is 11.6 Å². The number of aryl methyl sites for hydroxylation is 1. The number of amides is 2. The Hall–Kier alpha value is -3.39. The lowest BCUT2D eigenvalue weighted by Crippen LogP contribution is -2.44. The van der Waals surface area contributed by atoms with E-state index in [0.29, 0.717) is 5.56 Å². The second kappa shape index (κ2) is 9.00. The van der Waals surface area contributed by atoms with Gasteiger partial charge in [-0.05, 0) is 62.2 Å². The maximum atomic E-state index is 13.1. The predicted molar refractivity (Wildman–Crippen MR) is 123 cm³/mol. The normalized spacial score (nSPS) is 12.8. The smallest absolute Gasteiger partial charge is 0.408 e. The predicted octanol–water partition coefficient (Wildman–Crippen LogP) is 4.22. The molecule has 0 fully saturated rings. The van der Waals surface area contributed by atoms with Crippen LogP contribution in [0.3, 0.4) is 0 Å². The molecule has 1 atom stereocenters. The second-order valence-corrected chi connectivity index (χ2v) is 10.2. The van der Waals surface area contributed by atoms with Crippen LogP contribution in [0.15, 0.2) is 71.6 Å². The van der Waals surface area contributed by atoms with E-state index in [9.17, 15) is 18.0 Å². The molecule has 1 unspecified atom stereocenters. The lowest BCUT2D eigenvalue weighted by Gasteiger charge is -2.23. The fraction of sp³-hybridized carbons (Fsp3) is 0.250. The number of hydrogen-bond acceptors (Lipinski definition) is 5. The maximum absolute atomic E-state index is 13.1. The van der Waals surface area contributed by atoms with E-state index in [0.717, 1.165) is 16.3 Å². The summed E-state index contributed by atoms with van der Waals surface area (Å²) in [5.74, 6) is -0.897. The van der Waals surface area contributed by atoms with Crippen LogP contribution in [0.1, 0.15) is 37.9 Å². The van der Waals surface area contributed by atoms with E-state index in [2.05, 4.69) is 10.0 Å². The zero-order valence-corrected chi connectivity index (χ0v) is 19.2. The van der Waals surface area contributed by atoms with Crippen molar-refractivity contribution in [2.75, 3.05) is 0 Å². The van der Waals surface area contributed by atoms with Crippen LogP contribution in [0.2, 0.25) is 0 Å². The standard InChI is InChI=1S/C24H26N2O5S/c1-16-9-13-20(14-10-16)32(29,30)26-22(27)21(25-23(28)31-24(2,3)4)19-12-11-17-7-5-6-8-18(17)15-19/h5-15,21H,1-4H3,(H,25,28)(H,26,27). The number of nitrogens with one attached hydrogen (secondary N) is 2. The molecule has 0 saturated carbocycles. The molecule has 3 aromatic rings. The van der Waals surface area contributed by atoms with Crippen molar-refractivity contribution in [2.24, 2.45) is 0 Å². The van der Waals surface area contributed by atoms with Gasteiger partial charge in [-0.2, -0.15) is 0 Å². The third kappa shape index (κ3) is 5.85. The number of carbonyl (C=O) groups is 2. The van der Waals surface area contributed by atoms with Gasteiger partial charge >= 0.3 is 6.09 Å². The molecule has 0 aliphatic rings. The Morgan fingerprint density at radius 1 is 0.906 bits per heavy atom. The van der Waals surface area contributed by atoms with Crippen molar-refractivity contribution in [1.29, 1.82) is 0 Å². The van der Waals surface area contributed by atoms with E-state index < -0.39 is 33.7 Å². The van der Waals surface area contributed by atoms with Crippen molar-refractivity contribution in [3.63, 3.8) is 0 Å². The van der Waals surface area contributed by atoms with Crippen LogP contribution in [0, 0.1) is 6.92 Å². The highest BCUT2D eigenvalue weighted by atomic mass is 32.2. The topological polar surface area (TPSA) is 102 Å². The molecule has 0 saturated heterocycles. The van der Waals surface area contributed by atoms with E-state index in [4.69, 9.17) is 4.74 Å². The fourth-order valence-corrected chi connectivity index (χ4v) is 4.08. The minimum atomic E-state index is -4.13. The molecular weight excluding hydrogens is 428 g/mol. The van der Waals surface area contributed by atoms with Crippen LogP contribution in [0.5, 0.6) is 0 Å². The number of sulfonamides is 1. The van der Waals surface area contributed by atoms with E-state index in [1.807, 2.05) is 31.2 Å². The molecule has 2 N–H and O–H groups in total. The van der Waals surface area contributed by atoms with Gasteiger partial charge in [0.25, 0.3) is 15.9 Å². The molecule has 3 rings (SSSR count). The number of hydrogen-bond donors (Lipinski definition) is 2. The molecule has 168 valence electrons. The monoisotopic (exact) mass is 454 g/mol. The van der Waals surface area contributed by atoms with Gasteiger partial charge in [-0.15, -0.1) is 0 Å². The average molecular weight is 455 g/mol. The Kier molecular flexibility index (Phi) is 6.55. The number of ether oxygens (including phenoxy) is 1. The number of carbonyl (C=O) groups excluding carboxylic acids is 2. The fourth-order valence-electron chi connectivity index (χ4n) is 3.08. The molecule has 0 bridgehead atoms. The van der Waals surface area contributed by atoms with Crippen molar-refractivity contribution in [3.8, 4) is 0 Å². The first kappa shape index (κ1) is 23.3. The van der Waals surface area contributed by atoms with Crippen molar-refractivity contribution in [3.05, 3.63) is 77.9 Å². The number of fused-ring (bicyclic) bond motifs is 1. The van der Waals surface area contributed by atoms with Crippen molar-refractivity contribution in [2.45, 2.75) is 44.2 Å². The summed E-state index contributed by atoms with van der Waals surface area (Å²) >= 11 is 0. The van der Waals surface area contributed by atoms with Gasteiger partial charge < -0.3 is 10.1 Å². The molecule has 0 radical (unpaired) electrons. The van der Waals surface area contributed by atoms with E-state index in [1.165, 1.54) is 12.1 Å². The molecule has 0 aliphatic heterocycles. The highest BCUT2D eigenvalue weighted by Gasteiger charge is 2.29. The van der Waals surface area contributed by atoms with Gasteiger partial charge in [-0.1, -0.05) is 54.1 Å². The van der Waals surface area contributed by atoms with E-state index in [-0.39, 0.29) is 4.90 Å². The summed E-state index contributed by atoms with van der Waals surface area (Å²) in [6.45, 7) is 6.91. The highest BCUT2D eigenvalue weighted by Crippen LogP contribution is 2.22. The maximum Gasteiger partial charge on any atom is 0.408 e. The first-order valence-electron chi connectivity index (χ1n) is 10.1. The van der Waals surface area contributed by atoms with Gasteiger partial charge in [0.15, 0.2) is 0 Å². The number of rotatable bonds is 5. The average Bonchev–Trinajstić information content (AvgIpc) is 2.70. The molecule has 0 aliphatic carbocycles. The molecule has 0 spiro atoms. The van der Waals surface area contributed by atoms with Gasteiger partial charge in [-0.25, -0.2) is 17.9 Å². The molecule has 3 aromatic carbocycles. The molecule has 0 heterocycles. The summed E-state index contributed by atoms with van der Waals surface area (Å²) in [7, 11) is -4.13. The summed E-state index contributed by atoms with van der Waals surface area (Å²) in [5, 5.41) is 4.29. The second-order valence-electron chi connectivity index (χ2n) is 8.47. The first-order chi connectivity index (χ1) is 14.9. The lowest BCUT2D eigenvalue weighted by atomic mass is 10.0. The summed E-state index contributed by atoms with van der Waals surface area (Å²) in [4.78, 5) is 25.4. The van der Waals surface area contributed by atoms with Crippen LogP contribution in [-0.2, 0) is 19.6 Å². The zero-order valence-electron chi connectivity index (χ0n) is 18.4. The van der Waals surface area contributed by atoms with Crippen LogP contribution < -0.4 is 10.0 Å². The van der Waals surface area contributed by atoms with Crippen molar-refractivity contribution < 1.29 is 22.7 Å². The first-order valence-corrected chi connectivity index (χ1v) is 11.5. The van der Waals surface area contributed by atoms with Crippen LogP contribution in [-0.4, -0.2) is 26.0 Å². The molecule has 0 aromatic heterocycles. The third-order valence-corrected chi connectivity index (χ3v) is 5.96. The zero-order chi connectivity index (χ0) is 23.5. The minimum absolute atomic E-state index is 0.0500. The summed E-state index contributed by atoms with van der Waals surface area (Å²) in [5.41, 5.74) is 0.518. The molecule has 2 amide bonds. The largest absolute Gasteiger partial charge is 0.444 e. The quantitative estimate of drug-likeness (QED) is 0.601. The Bertz CT molecular complexity index is 1250. The van der Waals surface area contributed by atoms with Gasteiger partial charge in [0, 0.05) is 0 Å². The molecule has 7 nitrogen and oxygen atoms in total. The Morgan fingerprint density at radius 2 is 1.53 bits per heavy atom.